The fourth-order valence-corrected chi connectivity index (χ4v) is 5.07. The summed E-state index contributed by atoms with van der Waals surface area (Å²) >= 11 is 4.99. The van der Waals surface area contributed by atoms with Crippen LogP contribution in [0.5, 0.6) is 0 Å². The van der Waals surface area contributed by atoms with E-state index in [4.69, 9.17) is 4.74 Å². The van der Waals surface area contributed by atoms with E-state index in [9.17, 15) is 14.0 Å². The van der Waals surface area contributed by atoms with Crippen LogP contribution in [0.25, 0.3) is 0 Å². The second kappa shape index (κ2) is 11.7. The van der Waals surface area contributed by atoms with Crippen LogP contribution >= 0.6 is 27.3 Å². The smallest absolute Gasteiger partial charge is 0.254 e. The highest BCUT2D eigenvalue weighted by Crippen LogP contribution is 2.19. The molecule has 1 saturated heterocycles. The maximum absolute atomic E-state index is 13.5. The Bertz CT molecular complexity index is 1100. The predicted molar refractivity (Wildman–Crippen MR) is 134 cm³/mol. The molecule has 0 N–H and O–H groups in total. The Balaban J connectivity index is 1.54. The number of ether oxygens (including phenoxy) is 1. The van der Waals surface area contributed by atoms with Gasteiger partial charge < -0.3 is 14.5 Å². The Morgan fingerprint density at radius 2 is 1.88 bits per heavy atom. The molecule has 2 amide bonds. The van der Waals surface area contributed by atoms with E-state index in [1.807, 2.05) is 23.6 Å². The average Bonchev–Trinajstić information content (AvgIpc) is 3.53. The minimum atomic E-state index is -0.317. The van der Waals surface area contributed by atoms with E-state index in [0.717, 1.165) is 27.8 Å². The molecule has 1 unspecified atom stereocenters. The van der Waals surface area contributed by atoms with Gasteiger partial charge in [-0.15, -0.1) is 11.3 Å². The fraction of sp³-hybridized carbons (Fsp3) is 0.308. The molecule has 1 aromatic heterocycles. The van der Waals surface area contributed by atoms with Crippen molar-refractivity contribution in [1.82, 2.24) is 9.80 Å². The second-order valence-corrected chi connectivity index (χ2v) is 10.2. The van der Waals surface area contributed by atoms with Gasteiger partial charge >= 0.3 is 0 Å². The minimum absolute atomic E-state index is 0.0578. The molecule has 0 saturated carbocycles. The van der Waals surface area contributed by atoms with Crippen molar-refractivity contribution in [2.24, 2.45) is 0 Å². The van der Waals surface area contributed by atoms with Crippen LogP contribution in [0, 0.1) is 5.82 Å². The van der Waals surface area contributed by atoms with Gasteiger partial charge in [0.05, 0.1) is 12.6 Å². The van der Waals surface area contributed by atoms with E-state index in [0.29, 0.717) is 31.8 Å². The van der Waals surface area contributed by atoms with Gasteiger partial charge in [0.25, 0.3) is 5.91 Å². The van der Waals surface area contributed by atoms with Crippen LogP contribution in [0.4, 0.5) is 4.39 Å². The van der Waals surface area contributed by atoms with Crippen molar-refractivity contribution in [3.63, 3.8) is 0 Å². The van der Waals surface area contributed by atoms with Crippen LogP contribution in [0.1, 0.15) is 33.6 Å². The first-order chi connectivity index (χ1) is 16.5. The molecule has 2 aromatic carbocycles. The van der Waals surface area contributed by atoms with E-state index >= 15 is 0 Å². The molecule has 4 rings (SSSR count). The molecule has 3 aromatic rings. The lowest BCUT2D eigenvalue weighted by atomic mass is 10.1. The van der Waals surface area contributed by atoms with Gasteiger partial charge in [0.2, 0.25) is 5.91 Å². The highest BCUT2D eigenvalue weighted by molar-refractivity contribution is 9.10. The molecule has 0 radical (unpaired) electrons. The summed E-state index contributed by atoms with van der Waals surface area (Å²) in [5.41, 5.74) is 1.35. The Hall–Kier alpha value is -2.55. The van der Waals surface area contributed by atoms with Crippen molar-refractivity contribution in [3.05, 3.63) is 92.3 Å². The van der Waals surface area contributed by atoms with Crippen LogP contribution in [0.3, 0.4) is 0 Å². The topological polar surface area (TPSA) is 49.9 Å². The average molecular weight is 545 g/mol. The molecule has 2 heterocycles. The third-order valence-corrected chi connectivity index (χ3v) is 7.05. The Morgan fingerprint density at radius 1 is 1.06 bits per heavy atom. The largest absolute Gasteiger partial charge is 0.376 e. The molecule has 1 fully saturated rings. The van der Waals surface area contributed by atoms with Gasteiger partial charge in [0.1, 0.15) is 12.4 Å². The SMILES string of the molecule is O=C(CN(CC1CCCO1)C(=O)c1cccc(Br)c1)N(Cc1ccc(F)cc1)Cc1cccs1. The lowest BCUT2D eigenvalue weighted by Crippen LogP contribution is -2.45. The summed E-state index contributed by atoms with van der Waals surface area (Å²) in [7, 11) is 0. The molecule has 178 valence electrons. The summed E-state index contributed by atoms with van der Waals surface area (Å²) < 4.78 is 20.0. The van der Waals surface area contributed by atoms with Crippen molar-refractivity contribution >= 4 is 39.1 Å². The summed E-state index contributed by atoms with van der Waals surface area (Å²) in [5, 5.41) is 1.97. The molecule has 1 atom stereocenters. The standard InChI is InChI=1S/C26H26BrFN2O3S/c27-21-5-1-4-20(14-21)26(32)30(16-23-6-2-12-33-23)18-25(31)29(17-24-7-3-13-34-24)15-19-8-10-22(28)11-9-19/h1,3-5,7-11,13-14,23H,2,6,12,15-18H2. The zero-order valence-corrected chi connectivity index (χ0v) is 21.1. The lowest BCUT2D eigenvalue weighted by molar-refractivity contribution is -0.133. The number of carbonyl (C=O) groups excluding carboxylic acids is 2. The minimum Gasteiger partial charge on any atom is -0.376 e. The number of carbonyl (C=O) groups is 2. The molecule has 1 aliphatic heterocycles. The summed E-state index contributed by atoms with van der Waals surface area (Å²) in [4.78, 5) is 31.3. The van der Waals surface area contributed by atoms with E-state index in [-0.39, 0.29) is 30.3 Å². The van der Waals surface area contributed by atoms with E-state index in [2.05, 4.69) is 15.9 Å². The molecular weight excluding hydrogens is 519 g/mol. The maximum atomic E-state index is 13.5. The highest BCUT2D eigenvalue weighted by atomic mass is 79.9. The van der Waals surface area contributed by atoms with E-state index < -0.39 is 0 Å². The van der Waals surface area contributed by atoms with Gasteiger partial charge in [-0.2, -0.15) is 0 Å². The normalized spacial score (nSPS) is 15.3. The van der Waals surface area contributed by atoms with Crippen molar-refractivity contribution < 1.29 is 18.7 Å². The van der Waals surface area contributed by atoms with Crippen LogP contribution in [0.15, 0.2) is 70.5 Å². The lowest BCUT2D eigenvalue weighted by Gasteiger charge is -2.29. The Labute approximate surface area is 211 Å². The first kappa shape index (κ1) is 24.6. The molecule has 0 aliphatic carbocycles. The molecule has 34 heavy (non-hydrogen) atoms. The second-order valence-electron chi connectivity index (χ2n) is 8.29. The van der Waals surface area contributed by atoms with E-state index in [1.54, 1.807) is 51.5 Å². The molecule has 0 bridgehead atoms. The number of nitrogens with zero attached hydrogens (tertiary/aromatic N) is 2. The van der Waals surface area contributed by atoms with Crippen molar-refractivity contribution in [2.45, 2.75) is 32.0 Å². The van der Waals surface area contributed by atoms with Crippen molar-refractivity contribution in [1.29, 1.82) is 0 Å². The first-order valence-corrected chi connectivity index (χ1v) is 12.9. The number of hydrogen-bond donors (Lipinski definition) is 0. The number of benzene rings is 2. The molecule has 0 spiro atoms. The number of hydrogen-bond acceptors (Lipinski definition) is 4. The van der Waals surface area contributed by atoms with Crippen LogP contribution in [-0.4, -0.2) is 47.4 Å². The third-order valence-electron chi connectivity index (χ3n) is 5.70. The van der Waals surface area contributed by atoms with Gasteiger partial charge in [-0.25, -0.2) is 4.39 Å². The number of rotatable bonds is 9. The predicted octanol–water partition coefficient (Wildman–Crippen LogP) is 5.50. The molecule has 5 nitrogen and oxygen atoms in total. The maximum Gasteiger partial charge on any atom is 0.254 e. The van der Waals surface area contributed by atoms with Gasteiger partial charge in [-0.1, -0.05) is 40.2 Å². The zero-order chi connectivity index (χ0) is 23.9. The van der Waals surface area contributed by atoms with Crippen molar-refractivity contribution in [3.8, 4) is 0 Å². The van der Waals surface area contributed by atoms with Gasteiger partial charge in [-0.05, 0) is 60.2 Å². The summed E-state index contributed by atoms with van der Waals surface area (Å²) in [6.07, 6.45) is 1.74. The summed E-state index contributed by atoms with van der Waals surface area (Å²) in [6.45, 7) is 1.73. The highest BCUT2D eigenvalue weighted by Gasteiger charge is 2.27. The number of amides is 2. The van der Waals surface area contributed by atoms with Crippen molar-refractivity contribution in [2.75, 3.05) is 19.7 Å². The molecule has 1 aliphatic rings. The summed E-state index contributed by atoms with van der Waals surface area (Å²) in [5.74, 6) is -0.690. The number of thiophene rings is 1. The van der Waals surface area contributed by atoms with Gasteiger partial charge in [-0.3, -0.25) is 9.59 Å². The van der Waals surface area contributed by atoms with E-state index in [1.165, 1.54) is 12.1 Å². The molecular formula is C26H26BrFN2O3S. The quantitative estimate of drug-likeness (QED) is 0.357. The van der Waals surface area contributed by atoms with Crippen LogP contribution < -0.4 is 0 Å². The van der Waals surface area contributed by atoms with Crippen LogP contribution in [-0.2, 0) is 22.6 Å². The summed E-state index contributed by atoms with van der Waals surface area (Å²) in [6, 6.07) is 17.3. The zero-order valence-electron chi connectivity index (χ0n) is 18.7. The van der Waals surface area contributed by atoms with Crippen LogP contribution in [0.2, 0.25) is 0 Å². The number of halogens is 2. The monoisotopic (exact) mass is 544 g/mol. The van der Waals surface area contributed by atoms with Gasteiger partial charge in [0, 0.05) is 34.6 Å². The Morgan fingerprint density at radius 3 is 2.56 bits per heavy atom. The fourth-order valence-electron chi connectivity index (χ4n) is 3.95. The Kier molecular flexibility index (Phi) is 8.48. The third kappa shape index (κ3) is 6.74. The first-order valence-electron chi connectivity index (χ1n) is 11.2. The van der Waals surface area contributed by atoms with Gasteiger partial charge in [0.15, 0.2) is 0 Å². The molecule has 8 heteroatoms.